The van der Waals surface area contributed by atoms with E-state index in [0.29, 0.717) is 18.4 Å². The summed E-state index contributed by atoms with van der Waals surface area (Å²) in [6, 6.07) is 0. The van der Waals surface area contributed by atoms with Gasteiger partial charge in [0.25, 0.3) is 0 Å². The zero-order chi connectivity index (χ0) is 13.5. The van der Waals surface area contributed by atoms with Crippen LogP contribution in [0.15, 0.2) is 11.8 Å². The van der Waals surface area contributed by atoms with E-state index in [1.54, 1.807) is 6.08 Å². The highest BCUT2D eigenvalue weighted by Gasteiger charge is 2.34. The average molecular weight is 248 g/mol. The number of rotatable bonds is 6. The molecule has 100 valence electrons. The Bertz CT molecular complexity index is 347. The van der Waals surface area contributed by atoms with Crippen LogP contribution in [-0.2, 0) is 9.53 Å². The van der Waals surface area contributed by atoms with E-state index in [2.05, 4.69) is 19.8 Å². The van der Waals surface area contributed by atoms with Gasteiger partial charge < -0.3 is 4.74 Å². The summed E-state index contributed by atoms with van der Waals surface area (Å²) < 4.78 is 5.52. The number of unbranched alkanes of at least 4 members (excludes halogenated alkanes) is 1. The van der Waals surface area contributed by atoms with Crippen LogP contribution in [0.4, 0.5) is 0 Å². The summed E-state index contributed by atoms with van der Waals surface area (Å²) >= 11 is 0. The molecule has 2 atom stereocenters. The highest BCUT2D eigenvalue weighted by atomic mass is 16.5. The van der Waals surface area contributed by atoms with E-state index in [1.165, 1.54) is 0 Å². The predicted octanol–water partition coefficient (Wildman–Crippen LogP) is 3.57. The molecule has 0 N–H and O–H groups in total. The molecule has 0 aliphatic heterocycles. The number of ketones is 1. The largest absolute Gasteiger partial charge is 0.498 e. The first-order valence-electron chi connectivity index (χ1n) is 6.90. The highest BCUT2D eigenvalue weighted by Crippen LogP contribution is 2.36. The minimum Gasteiger partial charge on any atom is -0.498 e. The summed E-state index contributed by atoms with van der Waals surface area (Å²) in [7, 11) is 0. The first kappa shape index (κ1) is 14.8. The fourth-order valence-corrected chi connectivity index (χ4v) is 2.68. The summed E-state index contributed by atoms with van der Waals surface area (Å²) in [4.78, 5) is 12.2. The van der Waals surface area contributed by atoms with Crippen LogP contribution in [-0.4, -0.2) is 12.4 Å². The number of terminal acetylenes is 1. The number of carbonyl (C=O) groups is 1. The Morgan fingerprint density at radius 2 is 2.28 bits per heavy atom. The maximum atomic E-state index is 12.2. The molecule has 0 radical (unpaired) electrons. The predicted molar refractivity (Wildman–Crippen MR) is 73.8 cm³/mol. The molecular formula is C16H24O2. The molecule has 0 fully saturated rings. The molecule has 1 aliphatic rings. The Hall–Kier alpha value is -1.23. The van der Waals surface area contributed by atoms with Crippen molar-refractivity contribution >= 4 is 5.78 Å². The van der Waals surface area contributed by atoms with Gasteiger partial charge in [-0.15, -0.1) is 12.3 Å². The molecule has 0 aromatic rings. The van der Waals surface area contributed by atoms with Gasteiger partial charge >= 0.3 is 0 Å². The minimum absolute atomic E-state index is 0.127. The molecule has 0 spiro atoms. The Kier molecular flexibility index (Phi) is 5.98. The van der Waals surface area contributed by atoms with E-state index in [4.69, 9.17) is 11.2 Å². The second-order valence-corrected chi connectivity index (χ2v) is 5.26. The lowest BCUT2D eigenvalue weighted by Gasteiger charge is -2.32. The van der Waals surface area contributed by atoms with Crippen LogP contribution in [0.2, 0.25) is 0 Å². The number of allylic oxidation sites excluding steroid dienone is 2. The van der Waals surface area contributed by atoms with Crippen molar-refractivity contribution in [2.45, 2.75) is 46.5 Å². The Balaban J connectivity index is 2.74. The van der Waals surface area contributed by atoms with Crippen molar-refractivity contribution in [3.8, 4) is 12.3 Å². The lowest BCUT2D eigenvalue weighted by molar-refractivity contribution is -0.122. The summed E-state index contributed by atoms with van der Waals surface area (Å²) in [5.41, 5.74) is 0. The van der Waals surface area contributed by atoms with Crippen LogP contribution in [0.3, 0.4) is 0 Å². The molecule has 0 aromatic carbocycles. The third-order valence-electron chi connectivity index (χ3n) is 3.64. The molecule has 2 heteroatoms. The van der Waals surface area contributed by atoms with Crippen LogP contribution < -0.4 is 0 Å². The molecule has 0 unspecified atom stereocenters. The monoisotopic (exact) mass is 248 g/mol. The molecule has 0 saturated heterocycles. The second-order valence-electron chi connectivity index (χ2n) is 5.26. The van der Waals surface area contributed by atoms with Gasteiger partial charge in [0.1, 0.15) is 0 Å². The topological polar surface area (TPSA) is 26.3 Å². The lowest BCUT2D eigenvalue weighted by atomic mass is 9.73. The Morgan fingerprint density at radius 1 is 1.56 bits per heavy atom. The van der Waals surface area contributed by atoms with Gasteiger partial charge in [0, 0.05) is 24.8 Å². The van der Waals surface area contributed by atoms with E-state index in [-0.39, 0.29) is 11.7 Å². The molecule has 0 bridgehead atoms. The summed E-state index contributed by atoms with van der Waals surface area (Å²) in [6.07, 6.45) is 10.5. The Morgan fingerprint density at radius 3 is 2.83 bits per heavy atom. The average Bonchev–Trinajstić information content (AvgIpc) is 2.31. The maximum Gasteiger partial charge on any atom is 0.162 e. The van der Waals surface area contributed by atoms with Gasteiger partial charge in [-0.2, -0.15) is 0 Å². The zero-order valence-corrected chi connectivity index (χ0v) is 11.7. The van der Waals surface area contributed by atoms with Gasteiger partial charge in [0.2, 0.25) is 0 Å². The van der Waals surface area contributed by atoms with Crippen molar-refractivity contribution in [3.05, 3.63) is 11.8 Å². The van der Waals surface area contributed by atoms with Crippen molar-refractivity contribution in [1.29, 1.82) is 0 Å². The molecule has 0 heterocycles. The standard InChI is InChI=1S/C16H24O2/c1-5-7-8-9-14-15(12(3)4)10-13(18-6-2)11-16(14)17/h1,11-12,14-15H,6-10H2,2-4H3/t14-,15-/m0/s1. The number of hydrogen-bond acceptors (Lipinski definition) is 2. The minimum atomic E-state index is 0.127. The van der Waals surface area contributed by atoms with Crippen LogP contribution in [0.5, 0.6) is 0 Å². The smallest absolute Gasteiger partial charge is 0.162 e. The van der Waals surface area contributed by atoms with E-state index in [0.717, 1.165) is 31.4 Å². The van der Waals surface area contributed by atoms with E-state index in [9.17, 15) is 4.79 Å². The molecule has 0 saturated carbocycles. The molecular weight excluding hydrogens is 224 g/mol. The van der Waals surface area contributed by atoms with Crippen molar-refractivity contribution in [1.82, 2.24) is 0 Å². The summed E-state index contributed by atoms with van der Waals surface area (Å²) in [6.45, 7) is 6.95. The molecule has 1 rings (SSSR count). The third-order valence-corrected chi connectivity index (χ3v) is 3.64. The highest BCUT2D eigenvalue weighted by molar-refractivity contribution is 5.93. The van der Waals surface area contributed by atoms with Crippen LogP contribution >= 0.6 is 0 Å². The fraction of sp³-hybridized carbons (Fsp3) is 0.688. The van der Waals surface area contributed by atoms with Gasteiger partial charge in [-0.05, 0) is 31.6 Å². The first-order valence-corrected chi connectivity index (χ1v) is 6.90. The Labute approximate surface area is 111 Å². The quantitative estimate of drug-likeness (QED) is 0.530. The van der Waals surface area contributed by atoms with Gasteiger partial charge in [-0.1, -0.05) is 13.8 Å². The van der Waals surface area contributed by atoms with E-state index < -0.39 is 0 Å². The van der Waals surface area contributed by atoms with Crippen LogP contribution in [0.25, 0.3) is 0 Å². The normalized spacial score (nSPS) is 23.7. The molecule has 0 amide bonds. The van der Waals surface area contributed by atoms with Crippen LogP contribution in [0.1, 0.15) is 46.5 Å². The number of carbonyl (C=O) groups excluding carboxylic acids is 1. The zero-order valence-electron chi connectivity index (χ0n) is 11.7. The van der Waals surface area contributed by atoms with Crippen molar-refractivity contribution in [2.24, 2.45) is 17.8 Å². The van der Waals surface area contributed by atoms with E-state index >= 15 is 0 Å². The third kappa shape index (κ3) is 3.91. The molecule has 1 aliphatic carbocycles. The van der Waals surface area contributed by atoms with Gasteiger partial charge in [0.05, 0.1) is 12.4 Å². The second kappa shape index (κ2) is 7.26. The van der Waals surface area contributed by atoms with Gasteiger partial charge in [0.15, 0.2) is 5.78 Å². The summed E-state index contributed by atoms with van der Waals surface area (Å²) in [5, 5.41) is 0. The van der Waals surface area contributed by atoms with Gasteiger partial charge in [-0.25, -0.2) is 0 Å². The molecule has 2 nitrogen and oxygen atoms in total. The fourth-order valence-electron chi connectivity index (χ4n) is 2.68. The van der Waals surface area contributed by atoms with Crippen LogP contribution in [0, 0.1) is 30.1 Å². The first-order chi connectivity index (χ1) is 8.60. The van der Waals surface area contributed by atoms with E-state index in [1.807, 2.05) is 6.92 Å². The number of ether oxygens (including phenoxy) is 1. The number of hydrogen-bond donors (Lipinski definition) is 0. The molecule has 18 heavy (non-hydrogen) atoms. The lowest BCUT2D eigenvalue weighted by Crippen LogP contribution is -2.31. The maximum absolute atomic E-state index is 12.2. The van der Waals surface area contributed by atoms with Crippen molar-refractivity contribution in [3.63, 3.8) is 0 Å². The summed E-state index contributed by atoms with van der Waals surface area (Å²) in [5.74, 6) is 4.73. The molecule has 0 aromatic heterocycles. The van der Waals surface area contributed by atoms with Crippen molar-refractivity contribution < 1.29 is 9.53 Å². The van der Waals surface area contributed by atoms with Crippen molar-refractivity contribution in [2.75, 3.05) is 6.61 Å². The van der Waals surface area contributed by atoms with Gasteiger partial charge in [-0.3, -0.25) is 4.79 Å². The SMILES string of the molecule is C#CCCC[C@@H]1C(=O)C=C(OCC)C[C@H]1C(C)C.